The van der Waals surface area contributed by atoms with E-state index >= 15 is 0 Å². The molecule has 0 spiro atoms. The molecule has 1 saturated heterocycles. The minimum atomic E-state index is -0.0244. The Labute approximate surface area is 122 Å². The lowest BCUT2D eigenvalue weighted by atomic mass is 10.1. The van der Waals surface area contributed by atoms with Crippen LogP contribution in [0.2, 0.25) is 0 Å². The second kappa shape index (κ2) is 6.01. The summed E-state index contributed by atoms with van der Waals surface area (Å²) in [5.74, 6) is 0.700. The van der Waals surface area contributed by atoms with Crippen molar-refractivity contribution in [3.8, 4) is 5.82 Å². The molecule has 0 radical (unpaired) electrons. The highest BCUT2D eigenvalue weighted by Crippen LogP contribution is 2.30. The molecule has 0 unspecified atom stereocenters. The van der Waals surface area contributed by atoms with Crippen molar-refractivity contribution in [2.75, 3.05) is 20.3 Å². The summed E-state index contributed by atoms with van der Waals surface area (Å²) in [7, 11) is 1.53. The van der Waals surface area contributed by atoms with Gasteiger partial charge in [0.15, 0.2) is 5.82 Å². The zero-order valence-corrected chi connectivity index (χ0v) is 11.8. The van der Waals surface area contributed by atoms with Crippen LogP contribution in [0.15, 0.2) is 31.1 Å². The first kappa shape index (κ1) is 13.7. The third-order valence-electron chi connectivity index (χ3n) is 3.59. The zero-order chi connectivity index (χ0) is 14.7. The van der Waals surface area contributed by atoms with E-state index in [0.29, 0.717) is 5.82 Å². The number of amides is 1. The summed E-state index contributed by atoms with van der Waals surface area (Å²) < 4.78 is 6.74. The first-order valence-electron chi connectivity index (χ1n) is 6.88. The molecule has 1 atom stereocenters. The van der Waals surface area contributed by atoms with Crippen molar-refractivity contribution in [1.82, 2.24) is 24.4 Å². The maximum absolute atomic E-state index is 12.1. The third kappa shape index (κ3) is 2.78. The number of hydrogen-bond acceptors (Lipinski definition) is 5. The van der Waals surface area contributed by atoms with Gasteiger partial charge in [0.05, 0.1) is 24.1 Å². The Morgan fingerprint density at radius 2 is 2.33 bits per heavy atom. The molecule has 0 aliphatic carbocycles. The number of imidazole rings is 1. The van der Waals surface area contributed by atoms with Crippen molar-refractivity contribution < 1.29 is 9.53 Å². The number of hydrogen-bond donors (Lipinski definition) is 0. The van der Waals surface area contributed by atoms with Crippen LogP contribution in [0, 0.1) is 0 Å². The van der Waals surface area contributed by atoms with E-state index in [9.17, 15) is 4.79 Å². The number of rotatable bonds is 4. The SMILES string of the molecule is COCC(=O)N1CCC[C@@H]1c1cncc(-n2ccnc2)n1. The second-order valence-corrected chi connectivity index (χ2v) is 4.95. The molecule has 1 amide bonds. The van der Waals surface area contributed by atoms with Gasteiger partial charge >= 0.3 is 0 Å². The molecule has 0 bridgehead atoms. The number of carbonyl (C=O) groups is 1. The maximum atomic E-state index is 12.1. The van der Waals surface area contributed by atoms with Gasteiger partial charge in [0, 0.05) is 26.0 Å². The van der Waals surface area contributed by atoms with Gasteiger partial charge in [0.1, 0.15) is 12.9 Å². The predicted molar refractivity (Wildman–Crippen MR) is 74.7 cm³/mol. The van der Waals surface area contributed by atoms with Crippen LogP contribution < -0.4 is 0 Å². The molecule has 2 aromatic heterocycles. The number of aromatic nitrogens is 4. The average molecular weight is 287 g/mol. The van der Waals surface area contributed by atoms with Gasteiger partial charge in [0.25, 0.3) is 0 Å². The van der Waals surface area contributed by atoms with E-state index in [1.165, 1.54) is 7.11 Å². The molecule has 3 heterocycles. The number of likely N-dealkylation sites (tertiary alicyclic amines) is 1. The number of nitrogens with zero attached hydrogens (tertiary/aromatic N) is 5. The normalized spacial score (nSPS) is 18.1. The van der Waals surface area contributed by atoms with E-state index < -0.39 is 0 Å². The molecule has 7 heteroatoms. The van der Waals surface area contributed by atoms with Gasteiger partial charge < -0.3 is 9.64 Å². The van der Waals surface area contributed by atoms with Crippen molar-refractivity contribution in [2.24, 2.45) is 0 Å². The van der Waals surface area contributed by atoms with Crippen LogP contribution in [0.3, 0.4) is 0 Å². The smallest absolute Gasteiger partial charge is 0.249 e. The van der Waals surface area contributed by atoms with Gasteiger partial charge in [-0.2, -0.15) is 0 Å². The Kier molecular flexibility index (Phi) is 3.92. The summed E-state index contributed by atoms with van der Waals surface area (Å²) in [5, 5.41) is 0. The third-order valence-corrected chi connectivity index (χ3v) is 3.59. The molecule has 7 nitrogen and oxygen atoms in total. The fraction of sp³-hybridized carbons (Fsp3) is 0.429. The van der Waals surface area contributed by atoms with Gasteiger partial charge in [-0.05, 0) is 12.8 Å². The molecule has 1 fully saturated rings. The van der Waals surface area contributed by atoms with Crippen molar-refractivity contribution in [3.63, 3.8) is 0 Å². The van der Waals surface area contributed by atoms with Gasteiger partial charge in [-0.15, -0.1) is 0 Å². The highest BCUT2D eigenvalue weighted by molar-refractivity contribution is 5.78. The van der Waals surface area contributed by atoms with Crippen LogP contribution in [-0.4, -0.2) is 50.6 Å². The molecule has 2 aromatic rings. The largest absolute Gasteiger partial charge is 0.375 e. The molecule has 0 N–H and O–H groups in total. The average Bonchev–Trinajstić information content (AvgIpc) is 3.19. The number of carbonyl (C=O) groups excluding carboxylic acids is 1. The lowest BCUT2D eigenvalue weighted by Crippen LogP contribution is -2.33. The van der Waals surface area contributed by atoms with Crippen LogP contribution in [-0.2, 0) is 9.53 Å². The van der Waals surface area contributed by atoms with E-state index in [1.54, 1.807) is 29.5 Å². The lowest BCUT2D eigenvalue weighted by Gasteiger charge is -2.24. The highest BCUT2D eigenvalue weighted by atomic mass is 16.5. The number of ether oxygens (including phenoxy) is 1. The summed E-state index contributed by atoms with van der Waals surface area (Å²) >= 11 is 0. The minimum absolute atomic E-state index is 0.00478. The van der Waals surface area contributed by atoms with Crippen molar-refractivity contribution >= 4 is 5.91 Å². The van der Waals surface area contributed by atoms with E-state index in [1.807, 2.05) is 11.1 Å². The zero-order valence-electron chi connectivity index (χ0n) is 11.8. The van der Waals surface area contributed by atoms with Gasteiger partial charge in [0.2, 0.25) is 5.91 Å². The van der Waals surface area contributed by atoms with Crippen molar-refractivity contribution in [1.29, 1.82) is 0 Å². The summed E-state index contributed by atoms with van der Waals surface area (Å²) in [4.78, 5) is 26.8. The van der Waals surface area contributed by atoms with Crippen LogP contribution in [0.1, 0.15) is 24.6 Å². The summed E-state index contributed by atoms with van der Waals surface area (Å²) in [5.41, 5.74) is 0.808. The van der Waals surface area contributed by atoms with Crippen LogP contribution in [0.25, 0.3) is 5.82 Å². The molecule has 1 aliphatic rings. The molecule has 0 aromatic carbocycles. The predicted octanol–water partition coefficient (Wildman–Crippen LogP) is 0.972. The lowest BCUT2D eigenvalue weighted by molar-refractivity contribution is -0.136. The summed E-state index contributed by atoms with van der Waals surface area (Å²) in [6.45, 7) is 0.842. The quantitative estimate of drug-likeness (QED) is 0.838. The van der Waals surface area contributed by atoms with Gasteiger partial charge in [-0.3, -0.25) is 14.3 Å². The van der Waals surface area contributed by atoms with Crippen LogP contribution in [0.5, 0.6) is 0 Å². The minimum Gasteiger partial charge on any atom is -0.375 e. The summed E-state index contributed by atoms with van der Waals surface area (Å²) in [6.07, 6.45) is 10.5. The molecule has 3 rings (SSSR count). The maximum Gasteiger partial charge on any atom is 0.249 e. The summed E-state index contributed by atoms with van der Waals surface area (Å²) in [6, 6.07) is -0.0244. The molecule has 21 heavy (non-hydrogen) atoms. The fourth-order valence-electron chi connectivity index (χ4n) is 2.63. The van der Waals surface area contributed by atoms with Crippen molar-refractivity contribution in [3.05, 3.63) is 36.8 Å². The Balaban J connectivity index is 1.86. The van der Waals surface area contributed by atoms with Crippen molar-refractivity contribution in [2.45, 2.75) is 18.9 Å². The molecular weight excluding hydrogens is 270 g/mol. The van der Waals surface area contributed by atoms with E-state index in [-0.39, 0.29) is 18.6 Å². The highest BCUT2D eigenvalue weighted by Gasteiger charge is 2.31. The Hall–Kier alpha value is -2.28. The van der Waals surface area contributed by atoms with Gasteiger partial charge in [-0.1, -0.05) is 0 Å². The van der Waals surface area contributed by atoms with Crippen LogP contribution >= 0.6 is 0 Å². The standard InChI is InChI=1S/C14H17N5O2/c1-21-9-14(20)19-5-2-3-12(19)11-7-16-8-13(17-11)18-6-4-15-10-18/h4,6-8,10,12H,2-3,5,9H2,1H3/t12-/m1/s1. The first-order chi connectivity index (χ1) is 10.3. The Morgan fingerprint density at radius 1 is 1.43 bits per heavy atom. The second-order valence-electron chi connectivity index (χ2n) is 4.95. The molecule has 110 valence electrons. The first-order valence-corrected chi connectivity index (χ1v) is 6.88. The van der Waals surface area contributed by atoms with E-state index in [0.717, 1.165) is 25.1 Å². The molecule has 1 aliphatic heterocycles. The molecular formula is C14H17N5O2. The molecule has 0 saturated carbocycles. The Morgan fingerprint density at radius 3 is 3.10 bits per heavy atom. The van der Waals surface area contributed by atoms with Gasteiger partial charge in [-0.25, -0.2) is 9.97 Å². The Bertz CT molecular complexity index is 614. The fourth-order valence-corrected chi connectivity index (χ4v) is 2.63. The topological polar surface area (TPSA) is 73.1 Å². The monoisotopic (exact) mass is 287 g/mol. The number of methoxy groups -OCH3 is 1. The van der Waals surface area contributed by atoms with E-state index in [2.05, 4.69) is 15.0 Å². The van der Waals surface area contributed by atoms with Crippen LogP contribution in [0.4, 0.5) is 0 Å². The van der Waals surface area contributed by atoms with E-state index in [4.69, 9.17) is 4.74 Å².